The zero-order valence-corrected chi connectivity index (χ0v) is 16.6. The van der Waals surface area contributed by atoms with Crippen molar-refractivity contribution in [1.29, 1.82) is 0 Å². The van der Waals surface area contributed by atoms with Crippen molar-refractivity contribution < 1.29 is 13.2 Å². The van der Waals surface area contributed by atoms with Crippen LogP contribution in [0.1, 0.15) is 35.1 Å². The fourth-order valence-corrected chi connectivity index (χ4v) is 4.77. The number of carbonyl (C=O) groups is 1. The summed E-state index contributed by atoms with van der Waals surface area (Å²) in [5.74, 6) is 0.0902. The van der Waals surface area contributed by atoms with E-state index >= 15 is 0 Å². The van der Waals surface area contributed by atoms with Crippen LogP contribution in [0.4, 0.5) is 0 Å². The van der Waals surface area contributed by atoms with Gasteiger partial charge in [0.2, 0.25) is 5.91 Å². The fourth-order valence-electron chi connectivity index (χ4n) is 2.32. The number of amides is 1. The Morgan fingerprint density at radius 2 is 1.92 bits per heavy atom. The first-order valence-corrected chi connectivity index (χ1v) is 11.3. The summed E-state index contributed by atoms with van der Waals surface area (Å²) in [4.78, 5) is 13.5. The quantitative estimate of drug-likeness (QED) is 0.559. The third-order valence-electron chi connectivity index (χ3n) is 4.04. The molecule has 1 saturated carbocycles. The second-order valence-corrected chi connectivity index (χ2v) is 10.1. The number of rotatable bonds is 7. The number of hydrogen-bond acceptors (Lipinski definition) is 5. The second kappa shape index (κ2) is 7.90. The number of benzene rings is 1. The van der Waals surface area contributed by atoms with Crippen molar-refractivity contribution in [2.24, 2.45) is 11.0 Å². The first-order valence-electron chi connectivity index (χ1n) is 8.31. The Morgan fingerprint density at radius 1 is 1.23 bits per heavy atom. The molecule has 1 amide bonds. The molecule has 0 atom stereocenters. The highest BCUT2D eigenvalue weighted by atomic mass is 35.5. The Hall–Kier alpha value is -1.70. The first kappa shape index (κ1) is 19.1. The predicted octanol–water partition coefficient (Wildman–Crippen LogP) is 3.61. The zero-order chi connectivity index (χ0) is 18.7. The van der Waals surface area contributed by atoms with Gasteiger partial charge in [0.05, 0.1) is 10.6 Å². The molecular weight excluding hydrogens is 392 g/mol. The molecule has 0 saturated heterocycles. The average molecular weight is 411 g/mol. The summed E-state index contributed by atoms with van der Waals surface area (Å²) in [6.07, 6.45) is 1.80. The van der Waals surface area contributed by atoms with Crippen LogP contribution in [0.25, 0.3) is 0 Å². The SMILES string of the molecule is CCS(=O)(=O)Cc1ccc(C(=NNC(=O)C2CC2)c2ccc(Cl)cc2)s1. The van der Waals surface area contributed by atoms with E-state index in [2.05, 4.69) is 10.5 Å². The van der Waals surface area contributed by atoms with Crippen molar-refractivity contribution in [2.75, 3.05) is 5.75 Å². The third-order valence-corrected chi connectivity index (χ3v) is 7.20. The lowest BCUT2D eigenvalue weighted by molar-refractivity contribution is -0.122. The molecule has 0 aliphatic heterocycles. The number of nitrogens with one attached hydrogen (secondary N) is 1. The lowest BCUT2D eigenvalue weighted by atomic mass is 10.1. The third kappa shape index (κ3) is 4.93. The maximum absolute atomic E-state index is 11.9. The number of hydrogen-bond donors (Lipinski definition) is 1. The zero-order valence-electron chi connectivity index (χ0n) is 14.2. The van der Waals surface area contributed by atoms with Crippen LogP contribution >= 0.6 is 22.9 Å². The lowest BCUT2D eigenvalue weighted by Crippen LogP contribution is -2.21. The summed E-state index contributed by atoms with van der Waals surface area (Å²) >= 11 is 7.32. The molecule has 1 fully saturated rings. The van der Waals surface area contributed by atoms with Crippen LogP contribution in [-0.4, -0.2) is 25.8 Å². The summed E-state index contributed by atoms with van der Waals surface area (Å²) in [6.45, 7) is 1.64. The van der Waals surface area contributed by atoms with E-state index in [-0.39, 0.29) is 23.3 Å². The van der Waals surface area contributed by atoms with Crippen LogP contribution in [0.2, 0.25) is 5.02 Å². The number of thiophene rings is 1. The van der Waals surface area contributed by atoms with Gasteiger partial charge in [-0.2, -0.15) is 5.10 Å². The monoisotopic (exact) mass is 410 g/mol. The molecule has 1 aliphatic rings. The molecule has 3 rings (SSSR count). The van der Waals surface area contributed by atoms with Crippen molar-refractivity contribution in [3.8, 4) is 0 Å². The van der Waals surface area contributed by atoms with Gasteiger partial charge in [-0.25, -0.2) is 13.8 Å². The van der Waals surface area contributed by atoms with Crippen molar-refractivity contribution in [1.82, 2.24) is 5.43 Å². The number of carbonyl (C=O) groups excluding carboxylic acids is 1. The van der Waals surface area contributed by atoms with E-state index in [9.17, 15) is 13.2 Å². The highest BCUT2D eigenvalue weighted by Gasteiger charge is 2.29. The number of hydrazone groups is 1. The molecule has 26 heavy (non-hydrogen) atoms. The van der Waals surface area contributed by atoms with Gasteiger partial charge >= 0.3 is 0 Å². The minimum absolute atomic E-state index is 0.0104. The van der Waals surface area contributed by atoms with Crippen LogP contribution < -0.4 is 5.43 Å². The van der Waals surface area contributed by atoms with Gasteiger partial charge < -0.3 is 0 Å². The molecule has 1 aromatic carbocycles. The summed E-state index contributed by atoms with van der Waals surface area (Å²) in [7, 11) is -3.10. The normalized spacial score (nSPS) is 15.1. The van der Waals surface area contributed by atoms with E-state index in [4.69, 9.17) is 11.6 Å². The van der Waals surface area contributed by atoms with Crippen LogP contribution in [-0.2, 0) is 20.4 Å². The number of nitrogens with zero attached hydrogens (tertiary/aromatic N) is 1. The van der Waals surface area contributed by atoms with Gasteiger partial charge in [-0.3, -0.25) is 4.79 Å². The van der Waals surface area contributed by atoms with Gasteiger partial charge in [-0.15, -0.1) is 11.3 Å². The van der Waals surface area contributed by atoms with Gasteiger partial charge in [0, 0.05) is 27.1 Å². The molecule has 1 heterocycles. The Balaban J connectivity index is 1.90. The number of sulfone groups is 1. The summed E-state index contributed by atoms with van der Waals surface area (Å²) in [6, 6.07) is 10.8. The molecule has 1 aliphatic carbocycles. The Bertz CT molecular complexity index is 930. The first-order chi connectivity index (χ1) is 12.4. The summed E-state index contributed by atoms with van der Waals surface area (Å²) < 4.78 is 23.7. The molecule has 138 valence electrons. The topological polar surface area (TPSA) is 75.6 Å². The van der Waals surface area contributed by atoms with Crippen molar-refractivity contribution in [3.05, 3.63) is 56.7 Å². The molecule has 2 aromatic rings. The molecule has 1 N–H and O–H groups in total. The van der Waals surface area contributed by atoms with Crippen molar-refractivity contribution >= 4 is 44.4 Å². The molecule has 1 aromatic heterocycles. The standard InChI is InChI=1S/C18H19ClN2O3S2/c1-2-26(23,24)11-15-9-10-16(25-15)17(12-5-7-14(19)8-6-12)20-21-18(22)13-3-4-13/h5-10,13H,2-4,11H2,1H3,(H,21,22). The predicted molar refractivity (Wildman–Crippen MR) is 105 cm³/mol. The van der Waals surface area contributed by atoms with Gasteiger partial charge in [0.1, 0.15) is 5.71 Å². The van der Waals surface area contributed by atoms with E-state index in [1.807, 2.05) is 18.2 Å². The Labute approximate surface area is 162 Å². The smallest absolute Gasteiger partial charge is 0.243 e. The average Bonchev–Trinajstić information content (AvgIpc) is 3.37. The molecule has 0 radical (unpaired) electrons. The van der Waals surface area contributed by atoms with E-state index in [1.54, 1.807) is 25.1 Å². The molecule has 0 unspecified atom stereocenters. The van der Waals surface area contributed by atoms with E-state index < -0.39 is 9.84 Å². The van der Waals surface area contributed by atoms with Gasteiger partial charge in [-0.1, -0.05) is 30.7 Å². The maximum atomic E-state index is 11.9. The van der Waals surface area contributed by atoms with Crippen LogP contribution in [0.15, 0.2) is 41.5 Å². The minimum Gasteiger partial charge on any atom is -0.273 e. The van der Waals surface area contributed by atoms with Crippen molar-refractivity contribution in [2.45, 2.75) is 25.5 Å². The molecule has 0 spiro atoms. The van der Waals surface area contributed by atoms with E-state index in [0.29, 0.717) is 10.7 Å². The van der Waals surface area contributed by atoms with Gasteiger partial charge in [0.15, 0.2) is 9.84 Å². The van der Waals surface area contributed by atoms with Gasteiger partial charge in [0.25, 0.3) is 0 Å². The highest BCUT2D eigenvalue weighted by Crippen LogP contribution is 2.29. The van der Waals surface area contributed by atoms with E-state index in [1.165, 1.54) is 11.3 Å². The summed E-state index contributed by atoms with van der Waals surface area (Å²) in [5, 5.41) is 4.93. The van der Waals surface area contributed by atoms with Crippen molar-refractivity contribution in [3.63, 3.8) is 0 Å². The molecular formula is C18H19ClN2O3S2. The minimum atomic E-state index is -3.10. The summed E-state index contributed by atoms with van der Waals surface area (Å²) in [5.41, 5.74) is 4.03. The molecule has 8 heteroatoms. The Kier molecular flexibility index (Phi) is 5.79. The lowest BCUT2D eigenvalue weighted by Gasteiger charge is -2.06. The fraction of sp³-hybridized carbons (Fsp3) is 0.333. The maximum Gasteiger partial charge on any atom is 0.243 e. The highest BCUT2D eigenvalue weighted by molar-refractivity contribution is 7.90. The largest absolute Gasteiger partial charge is 0.273 e. The van der Waals surface area contributed by atoms with Crippen LogP contribution in [0.3, 0.4) is 0 Å². The molecule has 5 nitrogen and oxygen atoms in total. The number of halogens is 1. The van der Waals surface area contributed by atoms with E-state index in [0.717, 1.165) is 28.2 Å². The second-order valence-electron chi connectivity index (χ2n) is 6.16. The molecule has 0 bridgehead atoms. The van der Waals surface area contributed by atoms with Crippen LogP contribution in [0, 0.1) is 5.92 Å². The van der Waals surface area contributed by atoms with Gasteiger partial charge in [-0.05, 0) is 37.1 Å². The Morgan fingerprint density at radius 3 is 2.54 bits per heavy atom. The van der Waals surface area contributed by atoms with Crippen LogP contribution in [0.5, 0.6) is 0 Å².